The van der Waals surface area contributed by atoms with Gasteiger partial charge >= 0.3 is 5.97 Å². The van der Waals surface area contributed by atoms with Crippen LogP contribution in [-0.2, 0) is 14.4 Å². The normalized spacial score (nSPS) is 16.6. The number of nitrogens with one attached hydrogen (secondary N) is 1. The SMILES string of the molecule is CCC(NC(=O)CCN1C(=O)C(C)(C)Oc2ccc(C)cc21)C(=O)O. The number of rotatable bonds is 6. The van der Waals surface area contributed by atoms with Gasteiger partial charge in [-0.3, -0.25) is 9.59 Å². The average molecular weight is 348 g/mol. The minimum absolute atomic E-state index is 0.0129. The van der Waals surface area contributed by atoms with Gasteiger partial charge in [0.2, 0.25) is 5.91 Å². The lowest BCUT2D eigenvalue weighted by atomic mass is 10.0. The van der Waals surface area contributed by atoms with Crippen LogP contribution < -0.4 is 15.0 Å². The van der Waals surface area contributed by atoms with E-state index in [1.807, 2.05) is 25.1 Å². The van der Waals surface area contributed by atoms with Crippen molar-refractivity contribution >= 4 is 23.5 Å². The molecule has 0 spiro atoms. The van der Waals surface area contributed by atoms with Crippen molar-refractivity contribution < 1.29 is 24.2 Å². The van der Waals surface area contributed by atoms with Crippen molar-refractivity contribution in [3.63, 3.8) is 0 Å². The van der Waals surface area contributed by atoms with Gasteiger partial charge < -0.3 is 20.1 Å². The molecule has 0 saturated carbocycles. The summed E-state index contributed by atoms with van der Waals surface area (Å²) < 4.78 is 5.77. The lowest BCUT2D eigenvalue weighted by Gasteiger charge is -2.39. The number of carbonyl (C=O) groups excluding carboxylic acids is 2. The molecule has 1 aliphatic rings. The van der Waals surface area contributed by atoms with Crippen LogP contribution in [-0.4, -0.2) is 41.1 Å². The summed E-state index contributed by atoms with van der Waals surface area (Å²) in [6.07, 6.45) is 0.311. The van der Waals surface area contributed by atoms with E-state index in [2.05, 4.69) is 5.32 Å². The van der Waals surface area contributed by atoms with E-state index in [0.29, 0.717) is 17.9 Å². The van der Waals surface area contributed by atoms with Crippen molar-refractivity contribution in [2.75, 3.05) is 11.4 Å². The predicted molar refractivity (Wildman–Crippen MR) is 92.7 cm³/mol. The number of ether oxygens (including phenoxy) is 1. The van der Waals surface area contributed by atoms with Crippen molar-refractivity contribution in [2.24, 2.45) is 0 Å². The highest BCUT2D eigenvalue weighted by molar-refractivity contribution is 6.02. The summed E-state index contributed by atoms with van der Waals surface area (Å²) >= 11 is 0. The third-order valence-corrected chi connectivity index (χ3v) is 4.13. The molecule has 0 saturated heterocycles. The Morgan fingerprint density at radius 2 is 2.04 bits per heavy atom. The third-order valence-electron chi connectivity index (χ3n) is 4.13. The van der Waals surface area contributed by atoms with Crippen LogP contribution in [0.4, 0.5) is 5.69 Å². The van der Waals surface area contributed by atoms with E-state index in [9.17, 15) is 14.4 Å². The summed E-state index contributed by atoms with van der Waals surface area (Å²) in [6, 6.07) is 4.63. The van der Waals surface area contributed by atoms with Crippen LogP contribution in [0.3, 0.4) is 0 Å². The van der Waals surface area contributed by atoms with E-state index in [1.165, 1.54) is 4.90 Å². The van der Waals surface area contributed by atoms with E-state index in [4.69, 9.17) is 9.84 Å². The number of carboxylic acid groups (broad SMARTS) is 1. The highest BCUT2D eigenvalue weighted by Crippen LogP contribution is 2.38. The molecule has 2 rings (SSSR count). The first-order valence-corrected chi connectivity index (χ1v) is 8.29. The molecule has 2 amide bonds. The molecule has 1 atom stereocenters. The Morgan fingerprint density at radius 3 is 2.64 bits per heavy atom. The number of hydrogen-bond acceptors (Lipinski definition) is 4. The van der Waals surface area contributed by atoms with Gasteiger partial charge in [0.25, 0.3) is 5.91 Å². The maximum Gasteiger partial charge on any atom is 0.326 e. The van der Waals surface area contributed by atoms with Crippen molar-refractivity contribution in [3.8, 4) is 5.75 Å². The zero-order chi connectivity index (χ0) is 18.8. The molecular formula is C18H24N2O5. The second kappa shape index (κ2) is 7.13. The number of carbonyl (C=O) groups is 3. The lowest BCUT2D eigenvalue weighted by molar-refractivity contribution is -0.142. The van der Waals surface area contributed by atoms with Crippen LogP contribution in [0.1, 0.15) is 39.2 Å². The molecule has 7 nitrogen and oxygen atoms in total. The zero-order valence-corrected chi connectivity index (χ0v) is 15.0. The Hall–Kier alpha value is -2.57. The minimum Gasteiger partial charge on any atom is -0.480 e. The molecule has 2 N–H and O–H groups in total. The number of benzene rings is 1. The van der Waals surface area contributed by atoms with Gasteiger partial charge in [0.1, 0.15) is 11.8 Å². The second-order valence-corrected chi connectivity index (χ2v) is 6.66. The number of amides is 2. The summed E-state index contributed by atoms with van der Waals surface area (Å²) in [4.78, 5) is 37.3. The van der Waals surface area contributed by atoms with Crippen molar-refractivity contribution in [1.82, 2.24) is 5.32 Å². The van der Waals surface area contributed by atoms with Crippen molar-refractivity contribution in [2.45, 2.75) is 52.2 Å². The molecule has 0 fully saturated rings. The van der Waals surface area contributed by atoms with Crippen LogP contribution >= 0.6 is 0 Å². The number of hydrogen-bond donors (Lipinski definition) is 2. The Balaban J connectivity index is 2.15. The van der Waals surface area contributed by atoms with E-state index in [-0.39, 0.29) is 18.9 Å². The van der Waals surface area contributed by atoms with Gasteiger partial charge in [-0.1, -0.05) is 13.0 Å². The van der Waals surface area contributed by atoms with Gasteiger partial charge in [0.05, 0.1) is 5.69 Å². The molecule has 1 aromatic carbocycles. The van der Waals surface area contributed by atoms with Crippen molar-refractivity contribution in [3.05, 3.63) is 23.8 Å². The monoisotopic (exact) mass is 348 g/mol. The molecule has 1 unspecified atom stereocenters. The number of aliphatic carboxylic acids is 1. The van der Waals surface area contributed by atoms with Gasteiger partial charge in [0.15, 0.2) is 5.60 Å². The Bertz CT molecular complexity index is 699. The fourth-order valence-corrected chi connectivity index (χ4v) is 2.72. The van der Waals surface area contributed by atoms with Gasteiger partial charge in [-0.25, -0.2) is 4.79 Å². The molecule has 0 aromatic heterocycles. The molecule has 1 heterocycles. The molecule has 25 heavy (non-hydrogen) atoms. The van der Waals surface area contributed by atoms with E-state index in [0.717, 1.165) is 5.56 Å². The molecular weight excluding hydrogens is 324 g/mol. The summed E-state index contributed by atoms with van der Waals surface area (Å²) in [6.45, 7) is 7.12. The topological polar surface area (TPSA) is 95.9 Å². The van der Waals surface area contributed by atoms with E-state index < -0.39 is 23.5 Å². The molecule has 0 bridgehead atoms. The van der Waals surface area contributed by atoms with Gasteiger partial charge in [-0.15, -0.1) is 0 Å². The number of nitrogens with zero attached hydrogens (tertiary/aromatic N) is 1. The summed E-state index contributed by atoms with van der Waals surface area (Å²) in [5.41, 5.74) is 0.579. The predicted octanol–water partition coefficient (Wildman–Crippen LogP) is 1.87. The third kappa shape index (κ3) is 4.10. The van der Waals surface area contributed by atoms with Crippen LogP contribution in [0, 0.1) is 6.92 Å². The minimum atomic E-state index is -1.07. The molecule has 0 radical (unpaired) electrons. The van der Waals surface area contributed by atoms with E-state index >= 15 is 0 Å². The fraction of sp³-hybridized carbons (Fsp3) is 0.500. The molecule has 1 aliphatic heterocycles. The van der Waals surface area contributed by atoms with Crippen molar-refractivity contribution in [1.29, 1.82) is 0 Å². The fourth-order valence-electron chi connectivity index (χ4n) is 2.72. The van der Waals surface area contributed by atoms with Crippen LogP contribution in [0.2, 0.25) is 0 Å². The highest BCUT2D eigenvalue weighted by Gasteiger charge is 2.40. The smallest absolute Gasteiger partial charge is 0.326 e. The zero-order valence-electron chi connectivity index (χ0n) is 15.0. The van der Waals surface area contributed by atoms with Crippen LogP contribution in [0.25, 0.3) is 0 Å². The molecule has 136 valence electrons. The highest BCUT2D eigenvalue weighted by atomic mass is 16.5. The number of aryl methyl sites for hydroxylation is 1. The standard InChI is InChI=1S/C18H24N2O5/c1-5-12(16(22)23)19-15(21)8-9-20-13-10-11(2)6-7-14(13)25-18(3,4)17(20)24/h6-7,10,12H,5,8-9H2,1-4H3,(H,19,21)(H,22,23). The first-order chi connectivity index (χ1) is 11.7. The van der Waals surface area contributed by atoms with Gasteiger partial charge in [0, 0.05) is 13.0 Å². The van der Waals surface area contributed by atoms with Gasteiger partial charge in [-0.05, 0) is 44.9 Å². The van der Waals surface area contributed by atoms with E-state index in [1.54, 1.807) is 20.8 Å². The molecule has 7 heteroatoms. The first-order valence-electron chi connectivity index (χ1n) is 8.29. The lowest BCUT2D eigenvalue weighted by Crippen LogP contribution is -2.53. The van der Waals surface area contributed by atoms with Crippen LogP contribution in [0.5, 0.6) is 5.75 Å². The van der Waals surface area contributed by atoms with Crippen LogP contribution in [0.15, 0.2) is 18.2 Å². The average Bonchev–Trinajstić information content (AvgIpc) is 2.53. The molecule has 0 aliphatic carbocycles. The number of carboxylic acids is 1. The summed E-state index contributed by atoms with van der Waals surface area (Å²) in [7, 11) is 0. The summed E-state index contributed by atoms with van der Waals surface area (Å²) in [5, 5.41) is 11.5. The number of fused-ring (bicyclic) bond motifs is 1. The summed E-state index contributed by atoms with van der Waals surface area (Å²) in [5.74, 6) is -1.11. The Morgan fingerprint density at radius 1 is 1.36 bits per heavy atom. The quantitative estimate of drug-likeness (QED) is 0.818. The Kier molecular flexibility index (Phi) is 5.35. The largest absolute Gasteiger partial charge is 0.480 e. The number of anilines is 1. The maximum atomic E-state index is 12.7. The van der Waals surface area contributed by atoms with Gasteiger partial charge in [-0.2, -0.15) is 0 Å². The first kappa shape index (κ1) is 18.8. The second-order valence-electron chi connectivity index (χ2n) is 6.66. The molecule has 1 aromatic rings. The maximum absolute atomic E-state index is 12.7. The Labute approximate surface area is 147 Å².